The Labute approximate surface area is 154 Å². The largest absolute Gasteiger partial charge is 0.494 e. The molecule has 2 fully saturated rings. The zero-order valence-electron chi connectivity index (χ0n) is 15.4. The molecule has 0 unspecified atom stereocenters. The molecule has 138 valence electrons. The number of rotatable bonds is 9. The summed E-state index contributed by atoms with van der Waals surface area (Å²) in [5, 5.41) is 7.82. The van der Waals surface area contributed by atoms with Crippen molar-refractivity contribution in [2.45, 2.75) is 57.4 Å². The third-order valence-corrected chi connectivity index (χ3v) is 5.07. The number of hydrogen-bond donors (Lipinski definition) is 1. The van der Waals surface area contributed by atoms with Crippen molar-refractivity contribution in [2.75, 3.05) is 13.2 Å². The van der Waals surface area contributed by atoms with E-state index in [2.05, 4.69) is 16.1 Å². The second kappa shape index (κ2) is 7.52. The standard InChI is InChI=1S/C21H27N3O2/c1-2-26-18-9-3-15(4-10-18)13-21(25)22-11-12-24-20(17-7-8-17)14-19(23-24)16-5-6-16/h3-4,9-10,14,16-17H,2,5-8,11-13H2,1H3,(H,22,25). The maximum Gasteiger partial charge on any atom is 0.224 e. The van der Waals surface area contributed by atoms with Crippen LogP contribution in [0.5, 0.6) is 5.75 Å². The molecule has 2 aromatic rings. The molecule has 0 saturated heterocycles. The first-order chi connectivity index (χ1) is 12.7. The number of ether oxygens (including phenoxy) is 1. The van der Waals surface area contributed by atoms with Crippen molar-refractivity contribution in [3.8, 4) is 5.75 Å². The quantitative estimate of drug-likeness (QED) is 0.752. The lowest BCUT2D eigenvalue weighted by Gasteiger charge is -2.09. The van der Waals surface area contributed by atoms with E-state index in [4.69, 9.17) is 9.84 Å². The van der Waals surface area contributed by atoms with Gasteiger partial charge in [0.1, 0.15) is 5.75 Å². The van der Waals surface area contributed by atoms with Gasteiger partial charge in [0.2, 0.25) is 5.91 Å². The van der Waals surface area contributed by atoms with E-state index in [1.807, 2.05) is 31.2 Å². The van der Waals surface area contributed by atoms with Crippen LogP contribution in [0.2, 0.25) is 0 Å². The smallest absolute Gasteiger partial charge is 0.224 e. The van der Waals surface area contributed by atoms with Crippen LogP contribution < -0.4 is 10.1 Å². The topological polar surface area (TPSA) is 56.1 Å². The Hall–Kier alpha value is -2.30. The molecule has 0 bridgehead atoms. The fraction of sp³-hybridized carbons (Fsp3) is 0.524. The number of carbonyl (C=O) groups excluding carboxylic acids is 1. The molecule has 5 heteroatoms. The Kier molecular flexibility index (Phi) is 4.96. The highest BCUT2D eigenvalue weighted by Gasteiger charge is 2.32. The van der Waals surface area contributed by atoms with Crippen molar-refractivity contribution >= 4 is 5.91 Å². The van der Waals surface area contributed by atoms with E-state index in [-0.39, 0.29) is 5.91 Å². The third-order valence-electron chi connectivity index (χ3n) is 5.07. The summed E-state index contributed by atoms with van der Waals surface area (Å²) in [6.07, 6.45) is 5.51. The Morgan fingerprint density at radius 3 is 2.58 bits per heavy atom. The average molecular weight is 353 g/mol. The van der Waals surface area contributed by atoms with Gasteiger partial charge in [0.15, 0.2) is 0 Å². The Balaban J connectivity index is 1.27. The van der Waals surface area contributed by atoms with Crippen molar-refractivity contribution < 1.29 is 9.53 Å². The number of benzene rings is 1. The van der Waals surface area contributed by atoms with Gasteiger partial charge in [-0.05, 0) is 56.4 Å². The molecular weight excluding hydrogens is 326 g/mol. The first-order valence-electron chi connectivity index (χ1n) is 9.79. The number of amides is 1. The van der Waals surface area contributed by atoms with E-state index in [0.717, 1.165) is 17.9 Å². The van der Waals surface area contributed by atoms with Gasteiger partial charge in [0.05, 0.1) is 25.3 Å². The lowest BCUT2D eigenvalue weighted by Crippen LogP contribution is -2.29. The molecule has 1 heterocycles. The van der Waals surface area contributed by atoms with E-state index >= 15 is 0 Å². The normalized spacial score (nSPS) is 16.5. The summed E-state index contributed by atoms with van der Waals surface area (Å²) >= 11 is 0. The predicted molar refractivity (Wildman–Crippen MR) is 101 cm³/mol. The third kappa shape index (κ3) is 4.26. The van der Waals surface area contributed by atoms with Crippen molar-refractivity contribution in [3.05, 3.63) is 47.3 Å². The van der Waals surface area contributed by atoms with Gasteiger partial charge >= 0.3 is 0 Å². The van der Waals surface area contributed by atoms with E-state index < -0.39 is 0 Å². The van der Waals surface area contributed by atoms with Crippen LogP contribution in [-0.4, -0.2) is 28.8 Å². The van der Waals surface area contributed by atoms with Gasteiger partial charge in [-0.3, -0.25) is 9.48 Å². The van der Waals surface area contributed by atoms with Gasteiger partial charge in [-0.15, -0.1) is 0 Å². The lowest BCUT2D eigenvalue weighted by molar-refractivity contribution is -0.120. The molecule has 1 amide bonds. The van der Waals surface area contributed by atoms with E-state index in [1.54, 1.807) is 0 Å². The summed E-state index contributed by atoms with van der Waals surface area (Å²) in [5.74, 6) is 2.27. The van der Waals surface area contributed by atoms with Crippen LogP contribution in [0.4, 0.5) is 0 Å². The number of aromatic nitrogens is 2. The second-order valence-corrected chi connectivity index (χ2v) is 7.37. The molecule has 2 aliphatic carbocycles. The number of nitrogens with one attached hydrogen (secondary N) is 1. The Bertz CT molecular complexity index is 758. The Morgan fingerprint density at radius 1 is 1.19 bits per heavy atom. The minimum absolute atomic E-state index is 0.0525. The molecular formula is C21H27N3O2. The summed E-state index contributed by atoms with van der Waals surface area (Å²) in [6, 6.07) is 10.0. The molecule has 5 nitrogen and oxygen atoms in total. The van der Waals surface area contributed by atoms with Crippen molar-refractivity contribution in [1.82, 2.24) is 15.1 Å². The van der Waals surface area contributed by atoms with Crippen LogP contribution in [0.1, 0.15) is 61.4 Å². The fourth-order valence-electron chi connectivity index (χ4n) is 3.34. The highest BCUT2D eigenvalue weighted by molar-refractivity contribution is 5.78. The van der Waals surface area contributed by atoms with Crippen LogP contribution in [0.3, 0.4) is 0 Å². The summed E-state index contributed by atoms with van der Waals surface area (Å²) in [7, 11) is 0. The second-order valence-electron chi connectivity index (χ2n) is 7.37. The molecule has 1 aromatic heterocycles. The van der Waals surface area contributed by atoms with Crippen LogP contribution in [-0.2, 0) is 17.8 Å². The molecule has 4 rings (SSSR count). The molecule has 26 heavy (non-hydrogen) atoms. The first kappa shape index (κ1) is 17.1. The first-order valence-corrected chi connectivity index (χ1v) is 9.79. The van der Waals surface area contributed by atoms with E-state index in [0.29, 0.717) is 31.4 Å². The minimum Gasteiger partial charge on any atom is -0.494 e. The molecule has 0 radical (unpaired) electrons. The van der Waals surface area contributed by atoms with Gasteiger partial charge in [0.25, 0.3) is 0 Å². The van der Waals surface area contributed by atoms with Crippen molar-refractivity contribution in [2.24, 2.45) is 0 Å². The zero-order chi connectivity index (χ0) is 17.9. The SMILES string of the molecule is CCOc1ccc(CC(=O)NCCn2nc(C3CC3)cc2C2CC2)cc1. The van der Waals surface area contributed by atoms with Crippen LogP contribution in [0.15, 0.2) is 30.3 Å². The molecule has 2 aliphatic rings. The fourth-order valence-corrected chi connectivity index (χ4v) is 3.34. The molecule has 1 aromatic carbocycles. The average Bonchev–Trinajstić information content (AvgIpc) is 3.56. The monoisotopic (exact) mass is 353 g/mol. The van der Waals surface area contributed by atoms with Gasteiger partial charge < -0.3 is 10.1 Å². The molecule has 0 spiro atoms. The summed E-state index contributed by atoms with van der Waals surface area (Å²) in [6.45, 7) is 4.00. The highest BCUT2D eigenvalue weighted by atomic mass is 16.5. The maximum absolute atomic E-state index is 12.2. The van der Waals surface area contributed by atoms with Crippen LogP contribution >= 0.6 is 0 Å². The highest BCUT2D eigenvalue weighted by Crippen LogP contribution is 2.44. The maximum atomic E-state index is 12.2. The van der Waals surface area contributed by atoms with Gasteiger partial charge in [-0.1, -0.05) is 12.1 Å². The molecule has 0 aliphatic heterocycles. The summed E-state index contributed by atoms with van der Waals surface area (Å²) < 4.78 is 7.56. The van der Waals surface area contributed by atoms with Crippen LogP contribution in [0.25, 0.3) is 0 Å². The number of nitrogens with zero attached hydrogens (tertiary/aromatic N) is 2. The van der Waals surface area contributed by atoms with E-state index in [1.165, 1.54) is 37.1 Å². The van der Waals surface area contributed by atoms with Crippen LogP contribution in [0, 0.1) is 0 Å². The zero-order valence-corrected chi connectivity index (χ0v) is 15.4. The van der Waals surface area contributed by atoms with E-state index in [9.17, 15) is 4.79 Å². The molecule has 2 saturated carbocycles. The minimum atomic E-state index is 0.0525. The van der Waals surface area contributed by atoms with Gasteiger partial charge in [-0.25, -0.2) is 0 Å². The lowest BCUT2D eigenvalue weighted by atomic mass is 10.1. The van der Waals surface area contributed by atoms with Gasteiger partial charge in [0, 0.05) is 24.1 Å². The van der Waals surface area contributed by atoms with Crippen molar-refractivity contribution in [3.63, 3.8) is 0 Å². The predicted octanol–water partition coefficient (Wildman–Crippen LogP) is 3.40. The van der Waals surface area contributed by atoms with Gasteiger partial charge in [-0.2, -0.15) is 5.10 Å². The Morgan fingerprint density at radius 2 is 1.92 bits per heavy atom. The summed E-state index contributed by atoms with van der Waals surface area (Å²) in [5.41, 5.74) is 3.63. The number of hydrogen-bond acceptors (Lipinski definition) is 3. The number of carbonyl (C=O) groups is 1. The van der Waals surface area contributed by atoms with Crippen molar-refractivity contribution in [1.29, 1.82) is 0 Å². The molecule has 1 N–H and O–H groups in total. The summed E-state index contributed by atoms with van der Waals surface area (Å²) in [4.78, 5) is 12.2. The molecule has 0 atom stereocenters.